The molecule has 0 aliphatic heterocycles. The molecule has 0 aromatic heterocycles. The lowest BCUT2D eigenvalue weighted by molar-refractivity contribution is 0.205. The number of halogens is 1. The molecule has 0 bridgehead atoms. The maximum atomic E-state index is 9.40. The fourth-order valence-electron chi connectivity index (χ4n) is 0.944. The van der Waals surface area contributed by atoms with Crippen LogP contribution in [0.5, 0.6) is 0 Å². The number of thioether (sulfide) groups is 1. The van der Waals surface area contributed by atoms with Crippen molar-refractivity contribution in [2.45, 2.75) is 17.4 Å². The molecule has 0 fully saturated rings. The van der Waals surface area contributed by atoms with Gasteiger partial charge in [-0.2, -0.15) is 0 Å². The summed E-state index contributed by atoms with van der Waals surface area (Å²) in [6.45, 7) is 0. The fraction of sp³-hybridized carbons (Fsp3) is 0.273. The van der Waals surface area contributed by atoms with E-state index in [1.165, 1.54) is 0 Å². The zero-order chi connectivity index (χ0) is 10.4. The monoisotopic (exact) mass is 270 g/mol. The van der Waals surface area contributed by atoms with Crippen LogP contribution in [0.1, 0.15) is 6.42 Å². The van der Waals surface area contributed by atoms with Crippen molar-refractivity contribution in [2.24, 2.45) is 0 Å². The smallest absolute Gasteiger partial charge is 0.0743 e. The highest BCUT2D eigenvalue weighted by molar-refractivity contribution is 9.10. The average molecular weight is 271 g/mol. The number of hydrogen-bond donors (Lipinski definition) is 1. The highest BCUT2D eigenvalue weighted by Crippen LogP contribution is 2.22. The van der Waals surface area contributed by atoms with Crippen molar-refractivity contribution in [3.8, 4) is 12.3 Å². The third-order valence-corrected chi connectivity index (χ3v) is 3.22. The molecule has 1 aromatic rings. The molecule has 0 saturated heterocycles. The molecular formula is C11H11BrOS. The second-order valence-electron chi connectivity index (χ2n) is 2.83. The summed E-state index contributed by atoms with van der Waals surface area (Å²) in [4.78, 5) is 1.13. The van der Waals surface area contributed by atoms with Crippen LogP contribution >= 0.6 is 27.7 Å². The van der Waals surface area contributed by atoms with Crippen molar-refractivity contribution >= 4 is 27.7 Å². The minimum Gasteiger partial charge on any atom is -0.391 e. The first-order chi connectivity index (χ1) is 6.72. The van der Waals surface area contributed by atoms with Gasteiger partial charge in [0.2, 0.25) is 0 Å². The first kappa shape index (κ1) is 11.6. The molecule has 74 valence electrons. The predicted octanol–water partition coefficient (Wildman–Crippen LogP) is 2.93. The summed E-state index contributed by atoms with van der Waals surface area (Å²) >= 11 is 5.00. The Morgan fingerprint density at radius 3 is 3.00 bits per heavy atom. The van der Waals surface area contributed by atoms with E-state index in [-0.39, 0.29) is 0 Å². The molecule has 0 spiro atoms. The lowest BCUT2D eigenvalue weighted by Crippen LogP contribution is -2.07. The van der Waals surface area contributed by atoms with E-state index in [1.54, 1.807) is 11.8 Å². The molecule has 1 atom stereocenters. The fourth-order valence-corrected chi connectivity index (χ4v) is 2.38. The van der Waals surface area contributed by atoms with Gasteiger partial charge >= 0.3 is 0 Å². The van der Waals surface area contributed by atoms with Gasteiger partial charge in [0.25, 0.3) is 0 Å². The Bertz CT molecular complexity index is 332. The van der Waals surface area contributed by atoms with Crippen molar-refractivity contribution in [1.82, 2.24) is 0 Å². The van der Waals surface area contributed by atoms with Crippen molar-refractivity contribution in [3.05, 3.63) is 28.7 Å². The van der Waals surface area contributed by atoms with Crippen LogP contribution in [-0.2, 0) is 0 Å². The Kier molecular flexibility index (Phi) is 5.10. The van der Waals surface area contributed by atoms with Gasteiger partial charge in [0, 0.05) is 21.5 Å². The van der Waals surface area contributed by atoms with Crippen LogP contribution in [0.15, 0.2) is 33.6 Å². The molecule has 0 aliphatic carbocycles. The van der Waals surface area contributed by atoms with E-state index in [1.807, 2.05) is 24.3 Å². The van der Waals surface area contributed by atoms with Gasteiger partial charge in [0.1, 0.15) is 0 Å². The molecule has 0 heterocycles. The highest BCUT2D eigenvalue weighted by atomic mass is 79.9. The summed E-state index contributed by atoms with van der Waals surface area (Å²) in [6.07, 6.45) is 5.10. The normalized spacial score (nSPS) is 12.1. The SMILES string of the molecule is C#CCC(O)CSc1cccc(Br)c1. The number of hydrogen-bond acceptors (Lipinski definition) is 2. The van der Waals surface area contributed by atoms with Gasteiger partial charge in [0.05, 0.1) is 6.10 Å². The van der Waals surface area contributed by atoms with Gasteiger partial charge in [-0.1, -0.05) is 22.0 Å². The molecule has 1 rings (SSSR count). The number of aliphatic hydroxyl groups excluding tert-OH is 1. The standard InChI is InChI=1S/C11H11BrOS/c1-2-4-10(13)8-14-11-6-3-5-9(12)7-11/h1,3,5-7,10,13H,4,8H2. The minimum absolute atomic E-state index is 0.413. The number of benzene rings is 1. The van der Waals surface area contributed by atoms with E-state index < -0.39 is 6.10 Å². The highest BCUT2D eigenvalue weighted by Gasteiger charge is 2.03. The maximum Gasteiger partial charge on any atom is 0.0743 e. The van der Waals surface area contributed by atoms with Crippen LogP contribution in [0.25, 0.3) is 0 Å². The molecule has 0 amide bonds. The molecule has 0 saturated carbocycles. The Morgan fingerprint density at radius 2 is 2.36 bits per heavy atom. The molecule has 1 N–H and O–H groups in total. The first-order valence-corrected chi connectivity index (χ1v) is 6.00. The van der Waals surface area contributed by atoms with Gasteiger partial charge in [-0.3, -0.25) is 0 Å². The van der Waals surface area contributed by atoms with Gasteiger partial charge in [-0.05, 0) is 18.2 Å². The summed E-state index contributed by atoms with van der Waals surface area (Å²) in [5, 5.41) is 9.40. The molecular weight excluding hydrogens is 260 g/mol. The molecule has 1 unspecified atom stereocenters. The van der Waals surface area contributed by atoms with E-state index in [4.69, 9.17) is 6.42 Å². The van der Waals surface area contributed by atoms with Gasteiger partial charge in [-0.25, -0.2) is 0 Å². The van der Waals surface area contributed by atoms with E-state index in [9.17, 15) is 5.11 Å². The number of aliphatic hydroxyl groups is 1. The summed E-state index contributed by atoms with van der Waals surface area (Å²) in [7, 11) is 0. The molecule has 1 nitrogen and oxygen atoms in total. The van der Waals surface area contributed by atoms with Gasteiger partial charge in [-0.15, -0.1) is 24.1 Å². The van der Waals surface area contributed by atoms with Crippen LogP contribution in [0.3, 0.4) is 0 Å². The van der Waals surface area contributed by atoms with Crippen LogP contribution in [0, 0.1) is 12.3 Å². The second kappa shape index (κ2) is 6.13. The van der Waals surface area contributed by atoms with Crippen LogP contribution in [0.2, 0.25) is 0 Å². The summed E-state index contributed by atoms with van der Waals surface area (Å²) in [6, 6.07) is 7.98. The molecule has 3 heteroatoms. The lowest BCUT2D eigenvalue weighted by atomic mass is 10.3. The van der Waals surface area contributed by atoms with Gasteiger partial charge < -0.3 is 5.11 Å². The van der Waals surface area contributed by atoms with E-state index in [2.05, 4.69) is 21.9 Å². The quantitative estimate of drug-likeness (QED) is 0.671. The zero-order valence-electron chi connectivity index (χ0n) is 7.61. The van der Waals surface area contributed by atoms with Crippen LogP contribution in [-0.4, -0.2) is 17.0 Å². The van der Waals surface area contributed by atoms with E-state index in [0.29, 0.717) is 12.2 Å². The lowest BCUT2D eigenvalue weighted by Gasteiger charge is -2.06. The zero-order valence-corrected chi connectivity index (χ0v) is 10.0. The van der Waals surface area contributed by atoms with E-state index in [0.717, 1.165) is 9.37 Å². The van der Waals surface area contributed by atoms with Crippen molar-refractivity contribution < 1.29 is 5.11 Å². The Labute approximate surface area is 97.0 Å². The van der Waals surface area contributed by atoms with Crippen LogP contribution in [0.4, 0.5) is 0 Å². The second-order valence-corrected chi connectivity index (χ2v) is 4.84. The first-order valence-electron chi connectivity index (χ1n) is 4.22. The number of terminal acetylenes is 1. The van der Waals surface area contributed by atoms with Crippen molar-refractivity contribution in [3.63, 3.8) is 0 Å². The molecule has 0 aliphatic rings. The summed E-state index contributed by atoms with van der Waals surface area (Å²) in [5.41, 5.74) is 0. The number of rotatable bonds is 4. The topological polar surface area (TPSA) is 20.2 Å². The third kappa shape index (κ3) is 4.19. The Hall–Kier alpha value is -0.430. The molecule has 0 radical (unpaired) electrons. The van der Waals surface area contributed by atoms with Crippen LogP contribution < -0.4 is 0 Å². The molecule has 1 aromatic carbocycles. The summed E-state index contributed by atoms with van der Waals surface area (Å²) in [5.74, 6) is 3.08. The largest absolute Gasteiger partial charge is 0.391 e. The van der Waals surface area contributed by atoms with Gasteiger partial charge in [0.15, 0.2) is 0 Å². The minimum atomic E-state index is -0.413. The third-order valence-electron chi connectivity index (χ3n) is 1.59. The predicted molar refractivity (Wildman–Crippen MR) is 64.3 cm³/mol. The Morgan fingerprint density at radius 1 is 1.57 bits per heavy atom. The van der Waals surface area contributed by atoms with Crippen molar-refractivity contribution in [2.75, 3.05) is 5.75 Å². The van der Waals surface area contributed by atoms with Crippen molar-refractivity contribution in [1.29, 1.82) is 0 Å². The van der Waals surface area contributed by atoms with E-state index >= 15 is 0 Å². The maximum absolute atomic E-state index is 9.40. The average Bonchev–Trinajstić information content (AvgIpc) is 2.15. The Balaban J connectivity index is 2.42. The summed E-state index contributed by atoms with van der Waals surface area (Å²) < 4.78 is 1.05. The molecule has 14 heavy (non-hydrogen) atoms.